The molecule has 0 aliphatic carbocycles. The summed E-state index contributed by atoms with van der Waals surface area (Å²) in [5, 5.41) is 0.379. The second-order valence-electron chi connectivity index (χ2n) is 5.12. The van der Waals surface area contributed by atoms with Crippen molar-refractivity contribution >= 4 is 17.4 Å². The van der Waals surface area contributed by atoms with E-state index in [-0.39, 0.29) is 5.78 Å². The topological polar surface area (TPSA) is 35.5 Å². The Morgan fingerprint density at radius 3 is 2.33 bits per heavy atom. The van der Waals surface area contributed by atoms with E-state index >= 15 is 0 Å². The van der Waals surface area contributed by atoms with Crippen LogP contribution in [0, 0.1) is 13.8 Å². The zero-order valence-corrected chi connectivity index (χ0v) is 12.7. The summed E-state index contributed by atoms with van der Waals surface area (Å²) in [5.41, 5.74) is 3.15. The van der Waals surface area contributed by atoms with Crippen molar-refractivity contribution in [3.05, 3.63) is 57.6 Å². The largest absolute Gasteiger partial charge is 0.486 e. The summed E-state index contributed by atoms with van der Waals surface area (Å²) >= 11 is 6.23. The molecule has 108 valence electrons. The Morgan fingerprint density at radius 1 is 1.00 bits per heavy atom. The Morgan fingerprint density at radius 2 is 1.67 bits per heavy atom. The number of benzene rings is 2. The molecular weight excluding hydrogens is 288 g/mol. The molecule has 0 spiro atoms. The lowest BCUT2D eigenvalue weighted by Gasteiger charge is -2.19. The highest BCUT2D eigenvalue weighted by atomic mass is 35.5. The van der Waals surface area contributed by atoms with Crippen molar-refractivity contribution in [1.29, 1.82) is 0 Å². The molecule has 0 N–H and O–H groups in total. The number of carbonyl (C=O) groups excluding carboxylic acids is 1. The van der Waals surface area contributed by atoms with Crippen LogP contribution in [0.4, 0.5) is 0 Å². The van der Waals surface area contributed by atoms with Gasteiger partial charge in [-0.1, -0.05) is 35.4 Å². The van der Waals surface area contributed by atoms with E-state index in [1.807, 2.05) is 32.0 Å². The SMILES string of the molecule is Cc1ccc(C(=O)c2cc3c(cc2Cl)OCCO3)c(C)c1. The van der Waals surface area contributed by atoms with Crippen molar-refractivity contribution in [1.82, 2.24) is 0 Å². The first-order valence-electron chi connectivity index (χ1n) is 6.77. The molecule has 1 aliphatic heterocycles. The predicted octanol–water partition coefficient (Wildman–Crippen LogP) is 3.96. The molecule has 0 fully saturated rings. The molecule has 0 saturated heterocycles. The van der Waals surface area contributed by atoms with Gasteiger partial charge in [-0.25, -0.2) is 0 Å². The van der Waals surface area contributed by atoms with E-state index in [1.54, 1.807) is 12.1 Å². The molecule has 0 aromatic heterocycles. The molecule has 0 unspecified atom stereocenters. The number of hydrogen-bond donors (Lipinski definition) is 0. The van der Waals surface area contributed by atoms with E-state index in [4.69, 9.17) is 21.1 Å². The lowest BCUT2D eigenvalue weighted by Crippen LogP contribution is -2.16. The second kappa shape index (κ2) is 5.41. The summed E-state index contributed by atoms with van der Waals surface area (Å²) in [5.74, 6) is 1.05. The Bertz CT molecular complexity index is 722. The molecule has 3 rings (SSSR count). The first-order chi connectivity index (χ1) is 10.1. The van der Waals surface area contributed by atoms with Crippen LogP contribution >= 0.6 is 11.6 Å². The highest BCUT2D eigenvalue weighted by molar-refractivity contribution is 6.35. The highest BCUT2D eigenvalue weighted by Gasteiger charge is 2.20. The lowest BCUT2D eigenvalue weighted by molar-refractivity contribution is 0.103. The van der Waals surface area contributed by atoms with Gasteiger partial charge >= 0.3 is 0 Å². The summed E-state index contributed by atoms with van der Waals surface area (Å²) in [6.07, 6.45) is 0. The third-order valence-corrected chi connectivity index (χ3v) is 3.82. The molecule has 2 aromatic rings. The zero-order valence-electron chi connectivity index (χ0n) is 11.9. The van der Waals surface area contributed by atoms with E-state index < -0.39 is 0 Å². The van der Waals surface area contributed by atoms with E-state index in [1.165, 1.54) is 0 Å². The van der Waals surface area contributed by atoms with Crippen LogP contribution in [0.25, 0.3) is 0 Å². The minimum atomic E-state index is -0.102. The molecule has 0 bridgehead atoms. The van der Waals surface area contributed by atoms with Crippen molar-refractivity contribution in [2.45, 2.75) is 13.8 Å². The maximum absolute atomic E-state index is 12.7. The number of carbonyl (C=O) groups is 1. The Balaban J connectivity index is 2.05. The zero-order chi connectivity index (χ0) is 15.0. The molecule has 4 heteroatoms. The van der Waals surface area contributed by atoms with Gasteiger partial charge in [-0.2, -0.15) is 0 Å². The van der Waals surface area contributed by atoms with E-state index in [0.29, 0.717) is 40.9 Å². The fourth-order valence-electron chi connectivity index (χ4n) is 2.45. The van der Waals surface area contributed by atoms with Gasteiger partial charge in [0.05, 0.1) is 5.02 Å². The van der Waals surface area contributed by atoms with Gasteiger partial charge in [0.1, 0.15) is 13.2 Å². The number of ketones is 1. The summed E-state index contributed by atoms with van der Waals surface area (Å²) in [6.45, 7) is 4.89. The standard InChI is InChI=1S/C17H15ClO3/c1-10-3-4-12(11(2)7-10)17(19)13-8-15-16(9-14(13)18)21-6-5-20-15/h3-4,7-9H,5-6H2,1-2H3. The maximum Gasteiger partial charge on any atom is 0.194 e. The molecule has 0 amide bonds. The average molecular weight is 303 g/mol. The van der Waals surface area contributed by atoms with E-state index in [9.17, 15) is 4.79 Å². The van der Waals surface area contributed by atoms with Crippen molar-refractivity contribution in [2.75, 3.05) is 13.2 Å². The molecule has 0 saturated carbocycles. The number of fused-ring (bicyclic) bond motifs is 1. The third kappa shape index (κ3) is 2.61. The number of rotatable bonds is 2. The molecule has 0 atom stereocenters. The van der Waals surface area contributed by atoms with Crippen LogP contribution in [-0.4, -0.2) is 19.0 Å². The van der Waals surface area contributed by atoms with Crippen LogP contribution in [0.15, 0.2) is 30.3 Å². The van der Waals surface area contributed by atoms with Crippen LogP contribution < -0.4 is 9.47 Å². The molecule has 1 heterocycles. The third-order valence-electron chi connectivity index (χ3n) is 3.50. The van der Waals surface area contributed by atoms with Gasteiger partial charge in [-0.05, 0) is 25.5 Å². The normalized spacial score (nSPS) is 13.1. The predicted molar refractivity (Wildman–Crippen MR) is 81.8 cm³/mol. The van der Waals surface area contributed by atoms with Crippen LogP contribution in [-0.2, 0) is 0 Å². The summed E-state index contributed by atoms with van der Waals surface area (Å²) in [4.78, 5) is 12.7. The lowest BCUT2D eigenvalue weighted by atomic mass is 9.97. The van der Waals surface area contributed by atoms with Crippen LogP contribution in [0.2, 0.25) is 5.02 Å². The molecule has 3 nitrogen and oxygen atoms in total. The monoisotopic (exact) mass is 302 g/mol. The molecule has 2 aromatic carbocycles. The summed E-state index contributed by atoms with van der Waals surface area (Å²) in [7, 11) is 0. The highest BCUT2D eigenvalue weighted by Crippen LogP contribution is 2.36. The quantitative estimate of drug-likeness (QED) is 0.788. The van der Waals surface area contributed by atoms with E-state index in [2.05, 4.69) is 0 Å². The van der Waals surface area contributed by atoms with Crippen LogP contribution in [0.5, 0.6) is 11.5 Å². The van der Waals surface area contributed by atoms with Gasteiger partial charge < -0.3 is 9.47 Å². The van der Waals surface area contributed by atoms with E-state index in [0.717, 1.165) is 11.1 Å². The Kier molecular flexibility index (Phi) is 3.60. The Hall–Kier alpha value is -2.00. The Labute approximate surface area is 128 Å². The van der Waals surface area contributed by atoms with Gasteiger partial charge in [0.15, 0.2) is 17.3 Å². The van der Waals surface area contributed by atoms with Gasteiger partial charge in [0.2, 0.25) is 0 Å². The average Bonchev–Trinajstić information content (AvgIpc) is 2.46. The summed E-state index contributed by atoms with van der Waals surface area (Å²) < 4.78 is 11.0. The van der Waals surface area contributed by atoms with Gasteiger partial charge in [-0.3, -0.25) is 4.79 Å². The number of aryl methyl sites for hydroxylation is 2. The van der Waals surface area contributed by atoms with Crippen molar-refractivity contribution < 1.29 is 14.3 Å². The van der Waals surface area contributed by atoms with Gasteiger partial charge in [-0.15, -0.1) is 0 Å². The fourth-order valence-corrected chi connectivity index (χ4v) is 2.69. The van der Waals surface area contributed by atoms with Crippen molar-refractivity contribution in [3.8, 4) is 11.5 Å². The number of ether oxygens (including phenoxy) is 2. The molecular formula is C17H15ClO3. The molecule has 21 heavy (non-hydrogen) atoms. The first kappa shape index (κ1) is 14.0. The van der Waals surface area contributed by atoms with Gasteiger partial charge in [0, 0.05) is 17.2 Å². The maximum atomic E-state index is 12.7. The minimum absolute atomic E-state index is 0.102. The smallest absolute Gasteiger partial charge is 0.194 e. The second-order valence-corrected chi connectivity index (χ2v) is 5.53. The van der Waals surface area contributed by atoms with Crippen molar-refractivity contribution in [2.24, 2.45) is 0 Å². The number of halogens is 1. The van der Waals surface area contributed by atoms with Crippen molar-refractivity contribution in [3.63, 3.8) is 0 Å². The summed E-state index contributed by atoms with van der Waals surface area (Å²) in [6, 6.07) is 9.05. The molecule has 1 aliphatic rings. The van der Waals surface area contributed by atoms with Crippen LogP contribution in [0.1, 0.15) is 27.0 Å². The molecule has 0 radical (unpaired) electrons. The fraction of sp³-hybridized carbons (Fsp3) is 0.235. The number of hydrogen-bond acceptors (Lipinski definition) is 3. The van der Waals surface area contributed by atoms with Crippen LogP contribution in [0.3, 0.4) is 0 Å². The minimum Gasteiger partial charge on any atom is -0.486 e. The van der Waals surface area contributed by atoms with Gasteiger partial charge in [0.25, 0.3) is 0 Å². The first-order valence-corrected chi connectivity index (χ1v) is 7.15.